The molecule has 1 aromatic carbocycles. The van der Waals surface area contributed by atoms with Gasteiger partial charge in [-0.1, -0.05) is 37.8 Å². The zero-order chi connectivity index (χ0) is 19.7. The van der Waals surface area contributed by atoms with Gasteiger partial charge in [-0.3, -0.25) is 0 Å². The average Bonchev–Trinajstić information content (AvgIpc) is 2.67. The summed E-state index contributed by atoms with van der Waals surface area (Å²) in [6.07, 6.45) is 2.75. The van der Waals surface area contributed by atoms with Crippen LogP contribution in [0.2, 0.25) is 0 Å². The van der Waals surface area contributed by atoms with Crippen LogP contribution in [0.25, 0.3) is 0 Å². The molecule has 0 radical (unpaired) electrons. The number of hydrogen-bond donors (Lipinski definition) is 1. The summed E-state index contributed by atoms with van der Waals surface area (Å²) >= 11 is 0. The van der Waals surface area contributed by atoms with Crippen LogP contribution in [-0.2, 0) is 10.0 Å². The summed E-state index contributed by atoms with van der Waals surface area (Å²) in [5.74, 6) is 5.98. The van der Waals surface area contributed by atoms with Crippen molar-refractivity contribution in [2.75, 3.05) is 43.9 Å². The fourth-order valence-electron chi connectivity index (χ4n) is 3.10. The molecule has 1 atom stereocenters. The number of nitrogens with zero attached hydrogens (tertiary/aromatic N) is 2. The van der Waals surface area contributed by atoms with Crippen molar-refractivity contribution < 1.29 is 18.3 Å². The van der Waals surface area contributed by atoms with E-state index < -0.39 is 16.1 Å². The summed E-state index contributed by atoms with van der Waals surface area (Å²) < 4.78 is 31.9. The van der Waals surface area contributed by atoms with E-state index in [9.17, 15) is 13.5 Å². The average molecular weight is 395 g/mol. The van der Waals surface area contributed by atoms with Crippen molar-refractivity contribution in [2.24, 2.45) is 0 Å². The fourth-order valence-corrected chi connectivity index (χ4v) is 4.51. The fraction of sp³-hybridized carbons (Fsp3) is 0.600. The number of rotatable bonds is 8. The number of methoxy groups -OCH3 is 1. The van der Waals surface area contributed by atoms with Crippen LogP contribution in [0.3, 0.4) is 0 Å². The maximum Gasteiger partial charge on any atom is 0.217 e. The normalized spacial score (nSPS) is 16.5. The summed E-state index contributed by atoms with van der Waals surface area (Å²) in [7, 11) is -1.90. The lowest BCUT2D eigenvalue weighted by atomic mass is 10.2. The highest BCUT2D eigenvalue weighted by Crippen LogP contribution is 2.28. The Hall–Kier alpha value is -1.75. The largest absolute Gasteiger partial charge is 0.495 e. The third kappa shape index (κ3) is 6.42. The zero-order valence-electron chi connectivity index (χ0n) is 16.2. The molecule has 0 saturated carbocycles. The van der Waals surface area contributed by atoms with Crippen molar-refractivity contribution in [3.63, 3.8) is 0 Å². The standard InChI is InChI=1S/C20H30N2O4S/c1-3-4-5-6-7-10-18(23)17-27(24,25)22-15-13-21(14-16-22)19-11-8-9-12-20(19)26-2/h8-9,11-12,18,23H,3-6,13-17H2,1-2H3. The molecule has 1 aliphatic rings. The van der Waals surface area contributed by atoms with Crippen molar-refractivity contribution in [1.82, 2.24) is 4.31 Å². The van der Waals surface area contributed by atoms with Crippen LogP contribution in [-0.4, -0.2) is 63.0 Å². The van der Waals surface area contributed by atoms with Crippen LogP contribution >= 0.6 is 0 Å². The molecule has 1 unspecified atom stereocenters. The molecule has 27 heavy (non-hydrogen) atoms. The van der Waals surface area contributed by atoms with Crippen LogP contribution in [0.4, 0.5) is 5.69 Å². The van der Waals surface area contributed by atoms with Crippen LogP contribution in [0.5, 0.6) is 5.75 Å². The van der Waals surface area contributed by atoms with Gasteiger partial charge in [0.25, 0.3) is 0 Å². The molecule has 0 aliphatic carbocycles. The van der Waals surface area contributed by atoms with Gasteiger partial charge < -0.3 is 14.7 Å². The molecule has 1 aliphatic heterocycles. The van der Waals surface area contributed by atoms with Crippen molar-refractivity contribution in [1.29, 1.82) is 0 Å². The summed E-state index contributed by atoms with van der Waals surface area (Å²) in [5.41, 5.74) is 0.968. The number of aliphatic hydroxyl groups is 1. The Balaban J connectivity index is 1.88. The van der Waals surface area contributed by atoms with E-state index in [-0.39, 0.29) is 5.75 Å². The number of unbranched alkanes of at least 4 members (excludes halogenated alkanes) is 3. The number of sulfonamides is 1. The molecule has 0 spiro atoms. The Morgan fingerprint density at radius 3 is 2.56 bits per heavy atom. The first-order valence-electron chi connectivity index (χ1n) is 9.50. The monoisotopic (exact) mass is 394 g/mol. The van der Waals surface area contributed by atoms with E-state index in [1.54, 1.807) is 7.11 Å². The van der Waals surface area contributed by atoms with E-state index >= 15 is 0 Å². The maximum atomic E-state index is 12.6. The molecule has 150 valence electrons. The second-order valence-corrected chi connectivity index (χ2v) is 8.64. The minimum Gasteiger partial charge on any atom is -0.495 e. The molecule has 1 fully saturated rings. The molecule has 1 saturated heterocycles. The van der Waals surface area contributed by atoms with Gasteiger partial charge in [0, 0.05) is 32.6 Å². The van der Waals surface area contributed by atoms with Gasteiger partial charge in [0.05, 0.1) is 12.8 Å². The number of hydrogen-bond acceptors (Lipinski definition) is 5. The quantitative estimate of drug-likeness (QED) is 0.540. The van der Waals surface area contributed by atoms with E-state index in [0.717, 1.165) is 30.7 Å². The Kier molecular flexibility index (Phi) is 8.42. The Morgan fingerprint density at radius 2 is 1.89 bits per heavy atom. The lowest BCUT2D eigenvalue weighted by molar-refractivity contribution is 0.251. The van der Waals surface area contributed by atoms with Gasteiger partial charge in [0.15, 0.2) is 0 Å². The van der Waals surface area contributed by atoms with Crippen molar-refractivity contribution >= 4 is 15.7 Å². The molecule has 2 rings (SSSR count). The van der Waals surface area contributed by atoms with Crippen LogP contribution in [0, 0.1) is 11.8 Å². The van der Waals surface area contributed by atoms with Gasteiger partial charge in [-0.05, 0) is 18.6 Å². The smallest absolute Gasteiger partial charge is 0.217 e. The number of aliphatic hydroxyl groups excluding tert-OH is 1. The summed E-state index contributed by atoms with van der Waals surface area (Å²) in [4.78, 5) is 2.12. The first-order valence-corrected chi connectivity index (χ1v) is 11.1. The number of ether oxygens (including phenoxy) is 1. The van der Waals surface area contributed by atoms with Crippen molar-refractivity contribution in [2.45, 2.75) is 38.7 Å². The molecule has 1 aromatic rings. The number of piperazine rings is 1. The first-order chi connectivity index (χ1) is 13.0. The van der Waals surface area contributed by atoms with E-state index in [4.69, 9.17) is 4.74 Å². The molecule has 0 bridgehead atoms. The van der Waals surface area contributed by atoms with Gasteiger partial charge in [0.1, 0.15) is 17.6 Å². The van der Waals surface area contributed by atoms with Gasteiger partial charge in [-0.2, -0.15) is 4.31 Å². The van der Waals surface area contributed by atoms with Gasteiger partial charge in [-0.25, -0.2) is 8.42 Å². The van der Waals surface area contributed by atoms with Gasteiger partial charge in [0.2, 0.25) is 10.0 Å². The highest BCUT2D eigenvalue weighted by molar-refractivity contribution is 7.89. The molecule has 7 heteroatoms. The predicted octanol–water partition coefficient (Wildman–Crippen LogP) is 2.09. The lowest BCUT2D eigenvalue weighted by Gasteiger charge is -2.36. The van der Waals surface area contributed by atoms with E-state index in [1.807, 2.05) is 24.3 Å². The van der Waals surface area contributed by atoms with Gasteiger partial charge >= 0.3 is 0 Å². The minimum atomic E-state index is -3.53. The molecule has 1 N–H and O–H groups in total. The zero-order valence-corrected chi connectivity index (χ0v) is 17.0. The van der Waals surface area contributed by atoms with Crippen LogP contribution < -0.4 is 9.64 Å². The van der Waals surface area contributed by atoms with E-state index in [0.29, 0.717) is 32.6 Å². The highest BCUT2D eigenvalue weighted by Gasteiger charge is 2.29. The SMILES string of the molecule is CCCCCC#CC(O)CS(=O)(=O)N1CCN(c2ccccc2OC)CC1. The highest BCUT2D eigenvalue weighted by atomic mass is 32.2. The van der Waals surface area contributed by atoms with E-state index in [1.165, 1.54) is 4.31 Å². The molecule has 1 heterocycles. The summed E-state index contributed by atoms with van der Waals surface area (Å²) in [6, 6.07) is 7.72. The molecular formula is C20H30N2O4S. The van der Waals surface area contributed by atoms with E-state index in [2.05, 4.69) is 23.7 Å². The number of benzene rings is 1. The Bertz CT molecular complexity index is 747. The first kappa shape index (κ1) is 21.5. The van der Waals surface area contributed by atoms with Crippen molar-refractivity contribution in [3.05, 3.63) is 24.3 Å². The minimum absolute atomic E-state index is 0.345. The number of para-hydroxylation sites is 2. The number of anilines is 1. The second kappa shape index (κ2) is 10.5. The Labute approximate surface area is 163 Å². The molecule has 0 aromatic heterocycles. The predicted molar refractivity (Wildman–Crippen MR) is 108 cm³/mol. The third-order valence-electron chi connectivity index (χ3n) is 4.60. The Morgan fingerprint density at radius 1 is 1.19 bits per heavy atom. The third-order valence-corrected chi connectivity index (χ3v) is 6.49. The molecule has 6 nitrogen and oxygen atoms in total. The topological polar surface area (TPSA) is 70.1 Å². The van der Waals surface area contributed by atoms with Crippen LogP contribution in [0.15, 0.2) is 24.3 Å². The summed E-state index contributed by atoms with van der Waals surface area (Å²) in [6.45, 7) is 4.05. The second-order valence-electron chi connectivity index (χ2n) is 6.63. The lowest BCUT2D eigenvalue weighted by Crippen LogP contribution is -2.50. The summed E-state index contributed by atoms with van der Waals surface area (Å²) in [5, 5.41) is 9.96. The van der Waals surface area contributed by atoms with Gasteiger partial charge in [-0.15, -0.1) is 5.92 Å². The van der Waals surface area contributed by atoms with Crippen molar-refractivity contribution in [3.8, 4) is 17.6 Å². The molecular weight excluding hydrogens is 364 g/mol. The maximum absolute atomic E-state index is 12.6. The van der Waals surface area contributed by atoms with Crippen LogP contribution in [0.1, 0.15) is 32.6 Å². The molecule has 0 amide bonds.